The molecule has 0 spiro atoms. The average Bonchev–Trinajstić information content (AvgIpc) is 3.54. The Hall–Kier alpha value is -4.02. The number of hydrogen-bond acceptors (Lipinski definition) is 9. The van der Waals surface area contributed by atoms with Crippen LogP contribution in [0.3, 0.4) is 0 Å². The van der Waals surface area contributed by atoms with Crippen LogP contribution in [0.4, 0.5) is 17.2 Å². The summed E-state index contributed by atoms with van der Waals surface area (Å²) in [5.74, 6) is 0.954. The van der Waals surface area contributed by atoms with Crippen LogP contribution in [0.1, 0.15) is 29.2 Å². The van der Waals surface area contributed by atoms with Crippen LogP contribution in [0.5, 0.6) is 5.75 Å². The van der Waals surface area contributed by atoms with E-state index >= 15 is 0 Å². The maximum Gasteiger partial charge on any atom is 0.273 e. The van der Waals surface area contributed by atoms with Gasteiger partial charge in [0.1, 0.15) is 0 Å². The van der Waals surface area contributed by atoms with Crippen molar-refractivity contribution in [2.75, 3.05) is 24.8 Å². The summed E-state index contributed by atoms with van der Waals surface area (Å²) in [5, 5.41) is 20.3. The second-order valence-electron chi connectivity index (χ2n) is 6.98. The number of carbonyl (C=O) groups excluding carboxylic acids is 2. The maximum atomic E-state index is 12.3. The molecule has 4 rings (SSSR count). The number of amides is 2. The van der Waals surface area contributed by atoms with Crippen molar-refractivity contribution < 1.29 is 18.8 Å². The molecule has 2 aromatic heterocycles. The summed E-state index contributed by atoms with van der Waals surface area (Å²) in [6.07, 6.45) is 1.72. The van der Waals surface area contributed by atoms with Crippen LogP contribution in [0.15, 0.2) is 28.8 Å². The fourth-order valence-electron chi connectivity index (χ4n) is 2.99. The van der Waals surface area contributed by atoms with Gasteiger partial charge in [0, 0.05) is 26.0 Å². The van der Waals surface area contributed by atoms with Gasteiger partial charge < -0.3 is 25.2 Å². The molecular formula is C20H21N7O4. The predicted molar refractivity (Wildman–Crippen MR) is 111 cm³/mol. The number of ether oxygens (including phenoxy) is 1. The Labute approximate surface area is 177 Å². The third-order valence-corrected chi connectivity index (χ3v) is 4.69. The highest BCUT2D eigenvalue weighted by molar-refractivity contribution is 6.00. The molecule has 160 valence electrons. The Balaban J connectivity index is 1.71. The Kier molecular flexibility index (Phi) is 5.48. The first kappa shape index (κ1) is 20.3. The fraction of sp³-hybridized carbons (Fsp3) is 0.300. The van der Waals surface area contributed by atoms with Crippen molar-refractivity contribution in [2.45, 2.75) is 19.8 Å². The minimum atomic E-state index is -0.431. The summed E-state index contributed by atoms with van der Waals surface area (Å²) >= 11 is 0. The van der Waals surface area contributed by atoms with Gasteiger partial charge in [-0.15, -0.1) is 10.2 Å². The van der Waals surface area contributed by atoms with Gasteiger partial charge >= 0.3 is 0 Å². The normalized spacial score (nSPS) is 12.9. The average molecular weight is 423 g/mol. The number of anilines is 3. The van der Waals surface area contributed by atoms with E-state index in [1.54, 1.807) is 31.2 Å². The number of para-hydroxylation sites is 1. The van der Waals surface area contributed by atoms with Crippen LogP contribution in [-0.4, -0.2) is 46.3 Å². The Morgan fingerprint density at radius 3 is 2.65 bits per heavy atom. The number of carbonyl (C=O) groups is 2. The predicted octanol–water partition coefficient (Wildman–Crippen LogP) is 2.30. The van der Waals surface area contributed by atoms with Gasteiger partial charge in [-0.2, -0.15) is 4.98 Å². The third kappa shape index (κ3) is 4.29. The molecule has 0 aliphatic heterocycles. The van der Waals surface area contributed by atoms with Crippen LogP contribution in [0.25, 0.3) is 11.4 Å². The highest BCUT2D eigenvalue weighted by atomic mass is 16.5. The molecule has 3 N–H and O–H groups in total. The van der Waals surface area contributed by atoms with Crippen molar-refractivity contribution in [3.63, 3.8) is 0 Å². The third-order valence-electron chi connectivity index (χ3n) is 4.69. The molecule has 0 atom stereocenters. The molecule has 3 aromatic rings. The first-order valence-corrected chi connectivity index (χ1v) is 9.65. The van der Waals surface area contributed by atoms with E-state index in [4.69, 9.17) is 9.26 Å². The molecule has 11 heteroatoms. The van der Waals surface area contributed by atoms with Gasteiger partial charge in [-0.25, -0.2) is 0 Å². The van der Waals surface area contributed by atoms with E-state index in [0.29, 0.717) is 34.4 Å². The Bertz CT molecular complexity index is 1140. The van der Waals surface area contributed by atoms with Crippen LogP contribution in [0.2, 0.25) is 0 Å². The van der Waals surface area contributed by atoms with Gasteiger partial charge in [0.25, 0.3) is 5.91 Å². The highest BCUT2D eigenvalue weighted by Gasteiger charge is 2.30. The number of nitrogens with zero attached hydrogens (tertiary/aromatic N) is 4. The molecule has 1 aliphatic rings. The number of nitrogens with one attached hydrogen (secondary N) is 3. The summed E-state index contributed by atoms with van der Waals surface area (Å²) in [7, 11) is 3.01. The van der Waals surface area contributed by atoms with Gasteiger partial charge in [0.15, 0.2) is 17.3 Å². The van der Waals surface area contributed by atoms with Crippen LogP contribution in [0, 0.1) is 12.8 Å². The molecule has 1 aromatic carbocycles. The first-order chi connectivity index (χ1) is 15.0. The van der Waals surface area contributed by atoms with Crippen molar-refractivity contribution in [2.24, 2.45) is 5.92 Å². The first-order valence-electron chi connectivity index (χ1n) is 9.65. The molecule has 0 unspecified atom stereocenters. The zero-order valence-electron chi connectivity index (χ0n) is 17.2. The number of benzene rings is 1. The number of aromatic nitrogens is 4. The van der Waals surface area contributed by atoms with Crippen LogP contribution >= 0.6 is 0 Å². The van der Waals surface area contributed by atoms with Gasteiger partial charge in [-0.1, -0.05) is 11.2 Å². The molecule has 2 heterocycles. The summed E-state index contributed by atoms with van der Waals surface area (Å²) < 4.78 is 10.7. The van der Waals surface area contributed by atoms with Crippen molar-refractivity contribution in [3.8, 4) is 17.1 Å². The molecule has 1 aliphatic carbocycles. The number of rotatable bonds is 7. The standard InChI is InChI=1S/C20H21N7O4/c1-10-22-18(27-31-10)12-5-4-6-13(17(12)30-3)23-14-9-15(24-19(28)11-7-8-11)25-26-16(14)20(29)21-2/h4-6,9,11H,7-8H2,1-3H3,(H,21,29)(H2,23,24,25,28). The maximum absolute atomic E-state index is 12.3. The highest BCUT2D eigenvalue weighted by Crippen LogP contribution is 2.37. The lowest BCUT2D eigenvalue weighted by atomic mass is 10.1. The van der Waals surface area contributed by atoms with Crippen molar-refractivity contribution in [3.05, 3.63) is 35.9 Å². The van der Waals surface area contributed by atoms with Gasteiger partial charge in [-0.05, 0) is 25.0 Å². The second-order valence-corrected chi connectivity index (χ2v) is 6.98. The zero-order valence-corrected chi connectivity index (χ0v) is 17.2. The molecule has 0 saturated heterocycles. The minimum Gasteiger partial charge on any atom is -0.494 e. The quantitative estimate of drug-likeness (QED) is 0.521. The fourth-order valence-corrected chi connectivity index (χ4v) is 2.99. The lowest BCUT2D eigenvalue weighted by Gasteiger charge is -2.16. The molecule has 2 amide bonds. The van der Waals surface area contributed by atoms with E-state index in [2.05, 4.69) is 36.3 Å². The van der Waals surface area contributed by atoms with E-state index in [9.17, 15) is 9.59 Å². The molecule has 31 heavy (non-hydrogen) atoms. The summed E-state index contributed by atoms with van der Waals surface area (Å²) in [5.41, 5.74) is 1.56. The van der Waals surface area contributed by atoms with Gasteiger partial charge in [0.05, 0.1) is 24.0 Å². The van der Waals surface area contributed by atoms with Gasteiger partial charge in [-0.3, -0.25) is 9.59 Å². The number of methoxy groups -OCH3 is 1. The largest absolute Gasteiger partial charge is 0.494 e. The Morgan fingerprint density at radius 1 is 1.19 bits per heavy atom. The molecule has 0 radical (unpaired) electrons. The van der Waals surface area contributed by atoms with Crippen molar-refractivity contribution >= 4 is 29.0 Å². The van der Waals surface area contributed by atoms with E-state index in [-0.39, 0.29) is 23.3 Å². The number of hydrogen-bond donors (Lipinski definition) is 3. The Morgan fingerprint density at radius 2 is 2.00 bits per heavy atom. The number of aryl methyl sites for hydroxylation is 1. The van der Waals surface area contributed by atoms with Crippen LogP contribution in [-0.2, 0) is 4.79 Å². The monoisotopic (exact) mass is 423 g/mol. The molecule has 1 saturated carbocycles. The summed E-state index contributed by atoms with van der Waals surface area (Å²) in [4.78, 5) is 28.7. The van der Waals surface area contributed by atoms with Crippen molar-refractivity contribution in [1.82, 2.24) is 25.7 Å². The van der Waals surface area contributed by atoms with E-state index in [1.807, 2.05) is 0 Å². The summed E-state index contributed by atoms with van der Waals surface area (Å²) in [6, 6.07) is 6.91. The summed E-state index contributed by atoms with van der Waals surface area (Å²) in [6.45, 7) is 1.70. The van der Waals surface area contributed by atoms with Crippen molar-refractivity contribution in [1.29, 1.82) is 0 Å². The van der Waals surface area contributed by atoms with Crippen LogP contribution < -0.4 is 20.7 Å². The van der Waals surface area contributed by atoms with E-state index < -0.39 is 5.91 Å². The molecule has 0 bridgehead atoms. The zero-order chi connectivity index (χ0) is 22.0. The lowest BCUT2D eigenvalue weighted by Crippen LogP contribution is -2.22. The topological polar surface area (TPSA) is 144 Å². The second kappa shape index (κ2) is 8.38. The molecule has 11 nitrogen and oxygen atoms in total. The van der Waals surface area contributed by atoms with E-state index in [0.717, 1.165) is 12.8 Å². The minimum absolute atomic E-state index is 0.00650. The molecule has 1 fully saturated rings. The smallest absolute Gasteiger partial charge is 0.273 e. The van der Waals surface area contributed by atoms with Gasteiger partial charge in [0.2, 0.25) is 17.6 Å². The van der Waals surface area contributed by atoms with E-state index in [1.165, 1.54) is 14.2 Å². The lowest BCUT2D eigenvalue weighted by molar-refractivity contribution is -0.117. The SMILES string of the molecule is CNC(=O)c1nnc(NC(=O)C2CC2)cc1Nc1cccc(-c2noc(C)n2)c1OC. The molecular weight excluding hydrogens is 402 g/mol.